The lowest BCUT2D eigenvalue weighted by Crippen LogP contribution is -1.95. The first-order valence-corrected chi connectivity index (χ1v) is 6.78. The number of aliphatic hydroxyl groups is 1. The molecule has 0 aromatic heterocycles. The molecule has 0 bridgehead atoms. The predicted molar refractivity (Wildman–Crippen MR) is 81.4 cm³/mol. The third kappa shape index (κ3) is 4.65. The van der Waals surface area contributed by atoms with Crippen molar-refractivity contribution >= 4 is 0 Å². The quantitative estimate of drug-likeness (QED) is 0.638. The van der Waals surface area contributed by atoms with Gasteiger partial charge in [-0.1, -0.05) is 72.3 Å². The first kappa shape index (κ1) is 14.5. The van der Waals surface area contributed by atoms with Crippen molar-refractivity contribution in [1.82, 2.24) is 0 Å². The number of hydrogen-bond acceptors (Lipinski definition) is 2. The Labute approximate surface area is 120 Å². The Hall–Kier alpha value is -1.90. The second kappa shape index (κ2) is 7.63. The zero-order chi connectivity index (χ0) is 14.2. The summed E-state index contributed by atoms with van der Waals surface area (Å²) in [6.07, 6.45) is 3.04. The van der Waals surface area contributed by atoms with Gasteiger partial charge in [0.15, 0.2) is 0 Å². The number of aliphatic hydroxyl groups excluding tert-OH is 1. The average Bonchev–Trinajstić information content (AvgIpc) is 2.48. The molecule has 0 radical (unpaired) electrons. The molecule has 2 aromatic rings. The predicted octanol–water partition coefficient (Wildman–Crippen LogP) is 3.80. The van der Waals surface area contributed by atoms with Gasteiger partial charge in [-0.3, -0.25) is 0 Å². The van der Waals surface area contributed by atoms with Crippen LogP contribution in [0.15, 0.2) is 66.7 Å². The molecule has 0 fully saturated rings. The van der Waals surface area contributed by atoms with Crippen LogP contribution in [-0.4, -0.2) is 11.7 Å². The van der Waals surface area contributed by atoms with Crippen molar-refractivity contribution in [2.45, 2.75) is 19.6 Å². The number of hydrogen-bond donors (Lipinski definition) is 1. The van der Waals surface area contributed by atoms with Crippen LogP contribution in [0.1, 0.15) is 22.8 Å². The van der Waals surface area contributed by atoms with Gasteiger partial charge in [0, 0.05) is 0 Å². The van der Waals surface area contributed by atoms with E-state index in [1.165, 1.54) is 11.1 Å². The van der Waals surface area contributed by atoms with Gasteiger partial charge in [0.05, 0.1) is 19.3 Å². The molecule has 0 aliphatic rings. The summed E-state index contributed by atoms with van der Waals surface area (Å²) in [4.78, 5) is 0. The summed E-state index contributed by atoms with van der Waals surface area (Å²) in [5.74, 6) is 0. The van der Waals surface area contributed by atoms with E-state index in [9.17, 15) is 5.11 Å². The lowest BCUT2D eigenvalue weighted by atomic mass is 10.1. The molecule has 0 saturated carbocycles. The molecule has 20 heavy (non-hydrogen) atoms. The van der Waals surface area contributed by atoms with E-state index in [0.29, 0.717) is 13.2 Å². The maximum atomic E-state index is 9.93. The molecular formula is C18H20O2. The minimum absolute atomic E-state index is 0.498. The summed E-state index contributed by atoms with van der Waals surface area (Å²) in [5, 5.41) is 9.93. The molecule has 2 heteroatoms. The number of benzene rings is 2. The van der Waals surface area contributed by atoms with Gasteiger partial charge in [-0.2, -0.15) is 0 Å². The third-order valence-corrected chi connectivity index (χ3v) is 3.02. The van der Waals surface area contributed by atoms with E-state index in [4.69, 9.17) is 4.74 Å². The molecule has 0 spiro atoms. The van der Waals surface area contributed by atoms with Crippen LogP contribution < -0.4 is 0 Å². The van der Waals surface area contributed by atoms with Crippen LogP contribution in [0.3, 0.4) is 0 Å². The van der Waals surface area contributed by atoms with Gasteiger partial charge in [-0.25, -0.2) is 0 Å². The van der Waals surface area contributed by atoms with Crippen LogP contribution >= 0.6 is 0 Å². The van der Waals surface area contributed by atoms with Crippen LogP contribution in [0.25, 0.3) is 0 Å². The summed E-state index contributed by atoms with van der Waals surface area (Å²) in [5.41, 5.74) is 3.30. The molecular weight excluding hydrogens is 248 g/mol. The molecule has 0 saturated heterocycles. The van der Waals surface area contributed by atoms with E-state index < -0.39 is 6.10 Å². The summed E-state index contributed by atoms with van der Waals surface area (Å²) in [6, 6.07) is 17.8. The van der Waals surface area contributed by atoms with Crippen molar-refractivity contribution in [3.8, 4) is 0 Å². The molecule has 1 atom stereocenters. The Kier molecular flexibility index (Phi) is 5.54. The lowest BCUT2D eigenvalue weighted by Gasteiger charge is -2.06. The van der Waals surface area contributed by atoms with Crippen LogP contribution in [0, 0.1) is 6.92 Å². The molecule has 2 nitrogen and oxygen atoms in total. The van der Waals surface area contributed by atoms with Crippen molar-refractivity contribution in [2.24, 2.45) is 0 Å². The second-order valence-electron chi connectivity index (χ2n) is 4.79. The normalized spacial score (nSPS) is 12.7. The van der Waals surface area contributed by atoms with E-state index in [2.05, 4.69) is 25.1 Å². The van der Waals surface area contributed by atoms with Crippen LogP contribution in [0.4, 0.5) is 0 Å². The molecule has 2 rings (SSSR count). The average molecular weight is 268 g/mol. The first-order chi connectivity index (χ1) is 9.75. The van der Waals surface area contributed by atoms with Gasteiger partial charge in [0.1, 0.15) is 0 Å². The maximum Gasteiger partial charge on any atom is 0.0972 e. The maximum absolute atomic E-state index is 9.93. The van der Waals surface area contributed by atoms with Gasteiger partial charge >= 0.3 is 0 Å². The SMILES string of the molecule is Cc1cccc(COC/C=C/C(O)c2ccccc2)c1. The highest BCUT2D eigenvalue weighted by molar-refractivity contribution is 5.22. The van der Waals surface area contributed by atoms with Crippen LogP contribution in [0.2, 0.25) is 0 Å². The minimum Gasteiger partial charge on any atom is -0.384 e. The van der Waals surface area contributed by atoms with Gasteiger partial charge in [0.25, 0.3) is 0 Å². The largest absolute Gasteiger partial charge is 0.384 e. The van der Waals surface area contributed by atoms with Crippen molar-refractivity contribution < 1.29 is 9.84 Å². The molecule has 2 aromatic carbocycles. The van der Waals surface area contributed by atoms with Crippen molar-refractivity contribution in [3.63, 3.8) is 0 Å². The number of ether oxygens (including phenoxy) is 1. The van der Waals surface area contributed by atoms with E-state index >= 15 is 0 Å². The fraction of sp³-hybridized carbons (Fsp3) is 0.222. The highest BCUT2D eigenvalue weighted by atomic mass is 16.5. The Bertz CT molecular complexity index is 546. The van der Waals surface area contributed by atoms with Crippen molar-refractivity contribution in [3.05, 3.63) is 83.4 Å². The van der Waals surface area contributed by atoms with Crippen LogP contribution in [-0.2, 0) is 11.3 Å². The Morgan fingerprint density at radius 1 is 1.10 bits per heavy atom. The zero-order valence-electron chi connectivity index (χ0n) is 11.7. The van der Waals surface area contributed by atoms with Crippen molar-refractivity contribution in [2.75, 3.05) is 6.61 Å². The third-order valence-electron chi connectivity index (χ3n) is 3.02. The molecule has 0 aliphatic heterocycles. The van der Waals surface area contributed by atoms with E-state index in [-0.39, 0.29) is 0 Å². The Morgan fingerprint density at radius 3 is 2.65 bits per heavy atom. The number of aryl methyl sites for hydroxylation is 1. The summed E-state index contributed by atoms with van der Waals surface area (Å²) in [6.45, 7) is 3.16. The van der Waals surface area contributed by atoms with Gasteiger partial charge in [0.2, 0.25) is 0 Å². The van der Waals surface area contributed by atoms with E-state index in [0.717, 1.165) is 5.56 Å². The Morgan fingerprint density at radius 2 is 1.90 bits per heavy atom. The van der Waals surface area contributed by atoms with Crippen LogP contribution in [0.5, 0.6) is 0 Å². The van der Waals surface area contributed by atoms with E-state index in [1.54, 1.807) is 6.08 Å². The zero-order valence-corrected chi connectivity index (χ0v) is 11.7. The minimum atomic E-state index is -0.571. The standard InChI is InChI=1S/C18H20O2/c1-15-7-5-8-16(13-15)14-20-12-6-11-18(19)17-9-3-2-4-10-17/h2-11,13,18-19H,12,14H2,1H3/b11-6+. The van der Waals surface area contributed by atoms with Gasteiger partial charge < -0.3 is 9.84 Å². The summed E-state index contributed by atoms with van der Waals surface area (Å²) >= 11 is 0. The number of rotatable bonds is 6. The molecule has 0 amide bonds. The van der Waals surface area contributed by atoms with Gasteiger partial charge in [-0.15, -0.1) is 0 Å². The smallest absolute Gasteiger partial charge is 0.0972 e. The summed E-state index contributed by atoms with van der Waals surface area (Å²) < 4.78 is 5.56. The van der Waals surface area contributed by atoms with Gasteiger partial charge in [-0.05, 0) is 18.1 Å². The fourth-order valence-corrected chi connectivity index (χ4v) is 1.99. The highest BCUT2D eigenvalue weighted by Gasteiger charge is 2.00. The molecule has 1 N–H and O–H groups in total. The molecule has 0 heterocycles. The molecule has 104 valence electrons. The van der Waals surface area contributed by atoms with Crippen molar-refractivity contribution in [1.29, 1.82) is 0 Å². The first-order valence-electron chi connectivity index (χ1n) is 6.78. The lowest BCUT2D eigenvalue weighted by molar-refractivity contribution is 0.147. The molecule has 0 aliphatic carbocycles. The second-order valence-corrected chi connectivity index (χ2v) is 4.79. The molecule has 1 unspecified atom stereocenters. The fourth-order valence-electron chi connectivity index (χ4n) is 1.99. The summed E-state index contributed by atoms with van der Waals surface area (Å²) in [7, 11) is 0. The van der Waals surface area contributed by atoms with E-state index in [1.807, 2.05) is 42.5 Å². The monoisotopic (exact) mass is 268 g/mol. The topological polar surface area (TPSA) is 29.5 Å². The Balaban J connectivity index is 1.74. The highest BCUT2D eigenvalue weighted by Crippen LogP contribution is 2.13.